The van der Waals surface area contributed by atoms with Crippen LogP contribution in [0.15, 0.2) is 29.1 Å². The molecule has 0 atom stereocenters. The summed E-state index contributed by atoms with van der Waals surface area (Å²) in [5.41, 5.74) is 1.23. The Morgan fingerprint density at radius 2 is 2.12 bits per heavy atom. The van der Waals surface area contributed by atoms with E-state index in [0.29, 0.717) is 5.69 Å². The van der Waals surface area contributed by atoms with Crippen molar-refractivity contribution in [2.24, 2.45) is 7.05 Å². The first-order chi connectivity index (χ1) is 8.08. The molecule has 0 saturated carbocycles. The molecule has 1 amide bonds. The number of benzene rings is 1. The van der Waals surface area contributed by atoms with E-state index in [2.05, 4.69) is 15.4 Å². The molecule has 0 fully saturated rings. The normalized spacial score (nSPS) is 10.2. The first-order valence-electron chi connectivity index (χ1n) is 5.08. The van der Waals surface area contributed by atoms with Gasteiger partial charge in [0.05, 0.1) is 0 Å². The molecule has 2 N–H and O–H groups in total. The lowest BCUT2D eigenvalue weighted by Gasteiger charge is -2.05. The quantitative estimate of drug-likeness (QED) is 0.798. The summed E-state index contributed by atoms with van der Waals surface area (Å²) in [5.74, 6) is -0.433. The van der Waals surface area contributed by atoms with Gasteiger partial charge in [-0.2, -0.15) is 0 Å². The van der Waals surface area contributed by atoms with Gasteiger partial charge in [0.15, 0.2) is 0 Å². The number of hydrogen-bond acceptors (Lipinski definition) is 3. The van der Waals surface area contributed by atoms with E-state index in [9.17, 15) is 9.59 Å². The molecular weight excluding hydrogens is 220 g/mol. The van der Waals surface area contributed by atoms with Gasteiger partial charge in [-0.05, 0) is 18.6 Å². The van der Waals surface area contributed by atoms with Gasteiger partial charge < -0.3 is 5.32 Å². The Morgan fingerprint density at radius 1 is 1.41 bits per heavy atom. The smallest absolute Gasteiger partial charge is 0.319 e. The Labute approximate surface area is 97.3 Å². The zero-order chi connectivity index (χ0) is 12.4. The maximum Gasteiger partial charge on any atom is 0.343 e. The van der Waals surface area contributed by atoms with Crippen molar-refractivity contribution in [3.8, 4) is 0 Å². The highest BCUT2D eigenvalue weighted by Gasteiger charge is 2.12. The zero-order valence-electron chi connectivity index (χ0n) is 9.52. The Morgan fingerprint density at radius 3 is 2.71 bits per heavy atom. The standard InChI is InChI=1S/C11H12N4O2/c1-7-5-3-4-6-8(7)12-10(16)9-13-11(17)15(2)14-9/h3-6H,1-2H3,(H,12,16)(H,13,14,17). The van der Waals surface area contributed by atoms with Crippen molar-refractivity contribution in [2.75, 3.05) is 5.32 Å². The highest BCUT2D eigenvalue weighted by atomic mass is 16.2. The number of para-hydroxylation sites is 1. The van der Waals surface area contributed by atoms with Gasteiger partial charge in [-0.3, -0.25) is 9.78 Å². The molecule has 17 heavy (non-hydrogen) atoms. The van der Waals surface area contributed by atoms with E-state index in [0.717, 1.165) is 10.2 Å². The molecular formula is C11H12N4O2. The van der Waals surface area contributed by atoms with Crippen LogP contribution in [0.5, 0.6) is 0 Å². The number of anilines is 1. The predicted octanol–water partition coefficient (Wildman–Crippen LogP) is 0.669. The number of amides is 1. The molecule has 6 nitrogen and oxygen atoms in total. The second kappa shape index (κ2) is 4.25. The average Bonchev–Trinajstić information content (AvgIpc) is 2.63. The van der Waals surface area contributed by atoms with Gasteiger partial charge in [0.25, 0.3) is 5.91 Å². The van der Waals surface area contributed by atoms with Gasteiger partial charge in [-0.15, -0.1) is 5.10 Å². The molecule has 0 radical (unpaired) electrons. The molecule has 2 aromatic rings. The van der Waals surface area contributed by atoms with E-state index in [1.165, 1.54) is 7.05 Å². The van der Waals surface area contributed by atoms with Crippen molar-refractivity contribution in [3.63, 3.8) is 0 Å². The van der Waals surface area contributed by atoms with Crippen LogP contribution in [0.4, 0.5) is 5.69 Å². The summed E-state index contributed by atoms with van der Waals surface area (Å²) >= 11 is 0. The van der Waals surface area contributed by atoms with Crippen LogP contribution in [-0.2, 0) is 7.05 Å². The molecule has 6 heteroatoms. The van der Waals surface area contributed by atoms with E-state index >= 15 is 0 Å². The number of carbonyl (C=O) groups excluding carboxylic acids is 1. The second-order valence-electron chi connectivity index (χ2n) is 3.67. The van der Waals surface area contributed by atoms with Crippen molar-refractivity contribution < 1.29 is 4.79 Å². The molecule has 0 aliphatic carbocycles. The number of nitrogens with zero attached hydrogens (tertiary/aromatic N) is 2. The van der Waals surface area contributed by atoms with Crippen LogP contribution in [0, 0.1) is 6.92 Å². The van der Waals surface area contributed by atoms with Gasteiger partial charge in [0, 0.05) is 12.7 Å². The van der Waals surface area contributed by atoms with Crippen molar-refractivity contribution in [1.82, 2.24) is 14.8 Å². The number of nitrogens with one attached hydrogen (secondary N) is 2. The monoisotopic (exact) mass is 232 g/mol. The first kappa shape index (κ1) is 11.1. The predicted molar refractivity (Wildman–Crippen MR) is 63.0 cm³/mol. The Hall–Kier alpha value is -2.37. The van der Waals surface area contributed by atoms with Crippen LogP contribution in [0.2, 0.25) is 0 Å². The molecule has 0 saturated heterocycles. The van der Waals surface area contributed by atoms with Gasteiger partial charge in [0.2, 0.25) is 5.82 Å². The minimum absolute atomic E-state index is 0.000697. The lowest BCUT2D eigenvalue weighted by molar-refractivity contribution is 0.101. The third-order valence-corrected chi connectivity index (χ3v) is 2.38. The summed E-state index contributed by atoms with van der Waals surface area (Å²) in [6, 6.07) is 7.38. The van der Waals surface area contributed by atoms with E-state index < -0.39 is 11.6 Å². The fourth-order valence-electron chi connectivity index (χ4n) is 1.40. The molecule has 1 aromatic heterocycles. The van der Waals surface area contributed by atoms with E-state index in [1.807, 2.05) is 25.1 Å². The maximum atomic E-state index is 11.8. The van der Waals surface area contributed by atoms with Gasteiger partial charge in [-0.1, -0.05) is 18.2 Å². The molecule has 0 unspecified atom stereocenters. The van der Waals surface area contributed by atoms with Gasteiger partial charge in [0.1, 0.15) is 0 Å². The molecule has 0 bridgehead atoms. The number of hydrogen-bond donors (Lipinski definition) is 2. The Bertz CT molecular complexity index is 612. The zero-order valence-corrected chi connectivity index (χ0v) is 9.52. The number of aromatic nitrogens is 3. The molecule has 0 spiro atoms. The summed E-state index contributed by atoms with van der Waals surface area (Å²) in [6.45, 7) is 1.89. The third-order valence-electron chi connectivity index (χ3n) is 2.38. The number of H-pyrrole nitrogens is 1. The number of aryl methyl sites for hydroxylation is 2. The summed E-state index contributed by atoms with van der Waals surface area (Å²) in [5, 5.41) is 6.45. The molecule has 0 aliphatic rings. The van der Waals surface area contributed by atoms with Crippen LogP contribution in [0.3, 0.4) is 0 Å². The highest BCUT2D eigenvalue weighted by molar-refractivity contribution is 6.01. The lowest BCUT2D eigenvalue weighted by Crippen LogP contribution is -2.15. The molecule has 1 heterocycles. The number of rotatable bonds is 2. The van der Waals surface area contributed by atoms with Crippen LogP contribution in [0.1, 0.15) is 16.2 Å². The van der Waals surface area contributed by atoms with Gasteiger partial charge in [-0.25, -0.2) is 9.48 Å². The summed E-state index contributed by atoms with van der Waals surface area (Å²) in [7, 11) is 1.48. The summed E-state index contributed by atoms with van der Waals surface area (Å²) in [4.78, 5) is 25.3. The van der Waals surface area contributed by atoms with Crippen molar-refractivity contribution in [2.45, 2.75) is 6.92 Å². The van der Waals surface area contributed by atoms with Gasteiger partial charge >= 0.3 is 5.69 Å². The van der Waals surface area contributed by atoms with Crippen LogP contribution >= 0.6 is 0 Å². The molecule has 0 aliphatic heterocycles. The highest BCUT2D eigenvalue weighted by Crippen LogP contribution is 2.13. The van der Waals surface area contributed by atoms with Crippen molar-refractivity contribution >= 4 is 11.6 Å². The Balaban J connectivity index is 2.23. The minimum Gasteiger partial charge on any atom is -0.319 e. The first-order valence-corrected chi connectivity index (χ1v) is 5.08. The summed E-state index contributed by atoms with van der Waals surface area (Å²) < 4.78 is 1.08. The van der Waals surface area contributed by atoms with Crippen molar-refractivity contribution in [1.29, 1.82) is 0 Å². The average molecular weight is 232 g/mol. The SMILES string of the molecule is Cc1ccccc1NC(=O)c1nn(C)c(=O)[nH]1. The minimum atomic E-state index is -0.433. The van der Waals surface area contributed by atoms with Crippen LogP contribution in [0.25, 0.3) is 0 Å². The fourth-order valence-corrected chi connectivity index (χ4v) is 1.40. The maximum absolute atomic E-state index is 11.8. The topological polar surface area (TPSA) is 79.8 Å². The molecule has 88 valence electrons. The van der Waals surface area contributed by atoms with E-state index in [1.54, 1.807) is 6.07 Å². The lowest BCUT2D eigenvalue weighted by atomic mass is 10.2. The second-order valence-corrected chi connectivity index (χ2v) is 3.67. The number of carbonyl (C=O) groups is 1. The number of aromatic amines is 1. The Kier molecular flexibility index (Phi) is 2.78. The van der Waals surface area contributed by atoms with Crippen molar-refractivity contribution in [3.05, 3.63) is 46.1 Å². The molecule has 2 rings (SSSR count). The van der Waals surface area contributed by atoms with Crippen LogP contribution < -0.4 is 11.0 Å². The fraction of sp³-hybridized carbons (Fsp3) is 0.182. The van der Waals surface area contributed by atoms with E-state index in [-0.39, 0.29) is 5.82 Å². The molecule has 1 aromatic carbocycles. The van der Waals surface area contributed by atoms with E-state index in [4.69, 9.17) is 0 Å². The third kappa shape index (κ3) is 2.25. The summed E-state index contributed by atoms with van der Waals surface area (Å²) in [6.07, 6.45) is 0. The van der Waals surface area contributed by atoms with Crippen LogP contribution in [-0.4, -0.2) is 20.7 Å². The largest absolute Gasteiger partial charge is 0.343 e.